The van der Waals surface area contributed by atoms with E-state index in [0.29, 0.717) is 19.4 Å². The van der Waals surface area contributed by atoms with Crippen LogP contribution < -0.4 is 16.4 Å². The van der Waals surface area contributed by atoms with Crippen LogP contribution in [-0.4, -0.2) is 60.4 Å². The fraction of sp³-hybridized carbons (Fsp3) is 0.818. The first-order chi connectivity index (χ1) is 9.75. The van der Waals surface area contributed by atoms with Gasteiger partial charge in [0.2, 0.25) is 5.91 Å². The van der Waals surface area contributed by atoms with Crippen LogP contribution in [0.15, 0.2) is 0 Å². The van der Waals surface area contributed by atoms with Gasteiger partial charge in [0.25, 0.3) is 10.1 Å². The lowest BCUT2D eigenvalue weighted by Crippen LogP contribution is -2.48. The van der Waals surface area contributed by atoms with Gasteiger partial charge in [-0.15, -0.1) is 0 Å². The average molecular weight is 323 g/mol. The van der Waals surface area contributed by atoms with Crippen LogP contribution in [0.5, 0.6) is 0 Å². The summed E-state index contributed by atoms with van der Waals surface area (Å²) in [6, 6.07) is -1.86. The van der Waals surface area contributed by atoms with Crippen LogP contribution in [0.1, 0.15) is 25.7 Å². The second-order valence-corrected chi connectivity index (χ2v) is 6.71. The Bertz CT molecular complexity index is 480. The smallest absolute Gasteiger partial charge is 0.326 e. The molecule has 0 aromatic carbocycles. The molecule has 1 heterocycles. The normalized spacial score (nSPS) is 23.7. The summed E-state index contributed by atoms with van der Waals surface area (Å²) in [6.07, 6.45) is 1.40. The molecule has 21 heavy (non-hydrogen) atoms. The lowest BCUT2D eigenvalue weighted by Gasteiger charge is -2.17. The standard InChI is InChI=1S/C11H21N3O6S/c12-4-2-1-3-8(11(16)17)14-10(15)9-5-7(6-13-9)21(18,19)20/h7-9,13H,1-6,12H2,(H,14,15)(H,16,17)(H,18,19,20)/t7-,8+,9+/m1/s1. The second-order valence-electron chi connectivity index (χ2n) is 5.02. The Balaban J connectivity index is 2.53. The zero-order chi connectivity index (χ0) is 16.0. The van der Waals surface area contributed by atoms with Crippen molar-refractivity contribution in [2.45, 2.75) is 43.0 Å². The lowest BCUT2D eigenvalue weighted by atomic mass is 10.1. The van der Waals surface area contributed by atoms with Crippen molar-refractivity contribution in [2.75, 3.05) is 13.1 Å². The van der Waals surface area contributed by atoms with Crippen LogP contribution in [0.3, 0.4) is 0 Å². The number of carbonyl (C=O) groups is 2. The van der Waals surface area contributed by atoms with E-state index in [1.54, 1.807) is 0 Å². The van der Waals surface area contributed by atoms with E-state index in [0.717, 1.165) is 0 Å². The van der Waals surface area contributed by atoms with Gasteiger partial charge in [-0.25, -0.2) is 4.79 Å². The van der Waals surface area contributed by atoms with Gasteiger partial charge in [-0.2, -0.15) is 8.42 Å². The molecule has 0 unspecified atom stereocenters. The number of amides is 1. The molecule has 1 aliphatic rings. The first-order valence-electron chi connectivity index (χ1n) is 6.68. The van der Waals surface area contributed by atoms with E-state index >= 15 is 0 Å². The van der Waals surface area contributed by atoms with Gasteiger partial charge >= 0.3 is 5.97 Å². The van der Waals surface area contributed by atoms with Gasteiger partial charge in [0.15, 0.2) is 0 Å². The molecule has 122 valence electrons. The summed E-state index contributed by atoms with van der Waals surface area (Å²) in [5, 5.41) is 13.0. The first-order valence-corrected chi connectivity index (χ1v) is 8.19. The van der Waals surface area contributed by atoms with Crippen molar-refractivity contribution in [2.24, 2.45) is 5.73 Å². The molecular formula is C11H21N3O6S. The molecule has 1 amide bonds. The van der Waals surface area contributed by atoms with Gasteiger partial charge < -0.3 is 21.5 Å². The molecule has 10 heteroatoms. The van der Waals surface area contributed by atoms with Crippen molar-refractivity contribution < 1.29 is 27.7 Å². The van der Waals surface area contributed by atoms with Crippen LogP contribution in [0.4, 0.5) is 0 Å². The van der Waals surface area contributed by atoms with Gasteiger partial charge in [-0.05, 0) is 32.2 Å². The minimum absolute atomic E-state index is 0.0398. The molecule has 0 radical (unpaired) electrons. The summed E-state index contributed by atoms with van der Waals surface area (Å²) in [5.41, 5.74) is 5.32. The van der Waals surface area contributed by atoms with E-state index in [2.05, 4.69) is 10.6 Å². The second kappa shape index (κ2) is 7.69. The zero-order valence-electron chi connectivity index (χ0n) is 11.5. The zero-order valence-corrected chi connectivity index (χ0v) is 12.3. The number of hydrogen-bond donors (Lipinski definition) is 5. The molecule has 1 saturated heterocycles. The quantitative estimate of drug-likeness (QED) is 0.261. The Morgan fingerprint density at radius 2 is 2.05 bits per heavy atom. The Morgan fingerprint density at radius 1 is 1.38 bits per heavy atom. The summed E-state index contributed by atoms with van der Waals surface area (Å²) in [4.78, 5) is 23.0. The van der Waals surface area contributed by atoms with Crippen molar-refractivity contribution in [3.63, 3.8) is 0 Å². The van der Waals surface area contributed by atoms with Gasteiger partial charge in [0.05, 0.1) is 6.04 Å². The first kappa shape index (κ1) is 17.8. The third kappa shape index (κ3) is 5.58. The molecule has 0 aliphatic carbocycles. The van der Waals surface area contributed by atoms with E-state index in [1.165, 1.54) is 0 Å². The average Bonchev–Trinajstić information content (AvgIpc) is 2.86. The minimum atomic E-state index is -4.20. The van der Waals surface area contributed by atoms with Crippen LogP contribution >= 0.6 is 0 Å². The molecule has 0 bridgehead atoms. The number of nitrogens with one attached hydrogen (secondary N) is 2. The van der Waals surface area contributed by atoms with Gasteiger partial charge in [0, 0.05) is 6.54 Å². The number of carboxylic acids is 1. The predicted molar refractivity (Wildman–Crippen MR) is 74.2 cm³/mol. The van der Waals surface area contributed by atoms with Crippen molar-refractivity contribution >= 4 is 22.0 Å². The molecule has 1 fully saturated rings. The summed E-state index contributed by atoms with van der Waals surface area (Å²) in [7, 11) is -4.20. The number of carbonyl (C=O) groups excluding carboxylic acids is 1. The maximum absolute atomic E-state index is 11.9. The van der Waals surface area contributed by atoms with Gasteiger partial charge in [-0.1, -0.05) is 0 Å². The number of hydrogen-bond acceptors (Lipinski definition) is 6. The fourth-order valence-corrected chi connectivity index (χ4v) is 2.89. The highest BCUT2D eigenvalue weighted by Gasteiger charge is 2.37. The summed E-state index contributed by atoms with van der Waals surface area (Å²) in [6.45, 7) is 0.405. The minimum Gasteiger partial charge on any atom is -0.480 e. The topological polar surface area (TPSA) is 159 Å². The number of aliphatic carboxylic acids is 1. The maximum atomic E-state index is 11.9. The number of carboxylic acid groups (broad SMARTS) is 1. The van der Waals surface area contributed by atoms with E-state index < -0.39 is 39.3 Å². The largest absolute Gasteiger partial charge is 0.480 e. The van der Waals surface area contributed by atoms with Gasteiger partial charge in [0.1, 0.15) is 11.3 Å². The SMILES string of the molecule is NCCCC[C@H](NC(=O)[C@@H]1C[C@@H](S(=O)(=O)O)CN1)C(=O)O. The summed E-state index contributed by atoms with van der Waals surface area (Å²) in [5.74, 6) is -1.73. The fourth-order valence-electron chi connectivity index (χ4n) is 2.15. The molecule has 0 spiro atoms. The summed E-state index contributed by atoms with van der Waals surface area (Å²) >= 11 is 0. The molecule has 6 N–H and O–H groups in total. The Kier molecular flexibility index (Phi) is 6.52. The number of rotatable bonds is 8. The number of nitrogens with two attached hydrogens (primary N) is 1. The Morgan fingerprint density at radius 3 is 2.52 bits per heavy atom. The van der Waals surface area contributed by atoms with E-state index in [-0.39, 0.29) is 19.4 Å². The maximum Gasteiger partial charge on any atom is 0.326 e. The highest BCUT2D eigenvalue weighted by atomic mass is 32.2. The Labute approximate surface area is 123 Å². The monoisotopic (exact) mass is 323 g/mol. The van der Waals surface area contributed by atoms with Crippen molar-refractivity contribution in [1.82, 2.24) is 10.6 Å². The van der Waals surface area contributed by atoms with E-state index in [4.69, 9.17) is 15.4 Å². The third-order valence-electron chi connectivity index (χ3n) is 3.39. The summed E-state index contributed by atoms with van der Waals surface area (Å²) < 4.78 is 30.9. The van der Waals surface area contributed by atoms with Crippen LogP contribution in [0.25, 0.3) is 0 Å². The van der Waals surface area contributed by atoms with Crippen LogP contribution in [-0.2, 0) is 19.7 Å². The van der Waals surface area contributed by atoms with Gasteiger partial charge in [-0.3, -0.25) is 9.35 Å². The number of unbranched alkanes of at least 4 members (excludes halogenated alkanes) is 1. The Hall–Kier alpha value is -1.23. The van der Waals surface area contributed by atoms with Crippen molar-refractivity contribution in [3.05, 3.63) is 0 Å². The molecule has 3 atom stereocenters. The van der Waals surface area contributed by atoms with Crippen molar-refractivity contribution in [1.29, 1.82) is 0 Å². The molecule has 9 nitrogen and oxygen atoms in total. The van der Waals surface area contributed by atoms with E-state index in [9.17, 15) is 18.0 Å². The molecule has 0 aromatic heterocycles. The molecule has 1 aliphatic heterocycles. The van der Waals surface area contributed by atoms with Crippen LogP contribution in [0.2, 0.25) is 0 Å². The van der Waals surface area contributed by atoms with E-state index in [1.807, 2.05) is 0 Å². The molecule has 1 rings (SSSR count). The van der Waals surface area contributed by atoms with Crippen molar-refractivity contribution in [3.8, 4) is 0 Å². The third-order valence-corrected chi connectivity index (χ3v) is 4.59. The van der Waals surface area contributed by atoms with Crippen LogP contribution in [0, 0.1) is 0 Å². The molecular weight excluding hydrogens is 302 g/mol. The molecule has 0 saturated carbocycles. The predicted octanol–water partition coefficient (Wildman–Crippen LogP) is -1.70. The lowest BCUT2D eigenvalue weighted by molar-refractivity contribution is -0.142. The highest BCUT2D eigenvalue weighted by molar-refractivity contribution is 7.86. The highest BCUT2D eigenvalue weighted by Crippen LogP contribution is 2.14. The molecule has 0 aromatic rings.